The molecule has 5 rings (SSSR count). The smallest absolute Gasteiger partial charge is 0.272 e. The van der Waals surface area contributed by atoms with Crippen LogP contribution in [0.1, 0.15) is 16.7 Å². The van der Waals surface area contributed by atoms with Crippen molar-refractivity contribution in [3.8, 4) is 11.3 Å². The number of methoxy groups -OCH3 is 1. The molecule has 0 unspecified atom stereocenters. The van der Waals surface area contributed by atoms with Gasteiger partial charge in [-0.25, -0.2) is 5.10 Å². The Bertz CT molecular complexity index is 1100. The van der Waals surface area contributed by atoms with Crippen LogP contribution in [0, 0.1) is 0 Å². The quantitative estimate of drug-likeness (QED) is 0.566. The highest BCUT2D eigenvalue weighted by molar-refractivity contribution is 5.99. The molecule has 2 aliphatic rings. The summed E-state index contributed by atoms with van der Waals surface area (Å²) in [6, 6.07) is 12.7. The second-order valence-corrected chi connectivity index (χ2v) is 8.02. The monoisotopic (exact) mass is 390 g/mol. The molecule has 6 nitrogen and oxygen atoms in total. The van der Waals surface area contributed by atoms with Crippen LogP contribution in [0.3, 0.4) is 0 Å². The third kappa shape index (κ3) is 3.48. The predicted molar refractivity (Wildman–Crippen MR) is 114 cm³/mol. The molecule has 150 valence electrons. The first-order valence-corrected chi connectivity index (χ1v) is 10.3. The molecule has 0 radical (unpaired) electrons. The van der Waals surface area contributed by atoms with Gasteiger partial charge in [0.25, 0.3) is 5.56 Å². The van der Waals surface area contributed by atoms with Gasteiger partial charge >= 0.3 is 0 Å². The van der Waals surface area contributed by atoms with E-state index in [9.17, 15) is 4.79 Å². The fourth-order valence-electron chi connectivity index (χ4n) is 4.59. The molecule has 1 aliphatic carbocycles. The van der Waals surface area contributed by atoms with Crippen molar-refractivity contribution in [3.63, 3.8) is 0 Å². The van der Waals surface area contributed by atoms with Crippen LogP contribution >= 0.6 is 0 Å². The van der Waals surface area contributed by atoms with Crippen LogP contribution in [0.5, 0.6) is 0 Å². The number of rotatable bonds is 5. The van der Waals surface area contributed by atoms with Crippen molar-refractivity contribution in [1.82, 2.24) is 20.0 Å². The molecule has 0 amide bonds. The summed E-state index contributed by atoms with van der Waals surface area (Å²) >= 11 is 0. The average Bonchev–Trinajstić information content (AvgIpc) is 2.75. The van der Waals surface area contributed by atoms with E-state index in [1.807, 2.05) is 12.1 Å². The van der Waals surface area contributed by atoms with Crippen molar-refractivity contribution < 1.29 is 4.74 Å². The fraction of sp³-hybridized carbons (Fsp3) is 0.391. The molecule has 0 spiro atoms. The maximum absolute atomic E-state index is 12.2. The summed E-state index contributed by atoms with van der Waals surface area (Å²) in [5.74, 6) is 0. The molecule has 1 N–H and O–H groups in total. The molecular formula is C23H26N4O2. The van der Waals surface area contributed by atoms with Crippen molar-refractivity contribution in [3.05, 3.63) is 63.4 Å². The minimum Gasteiger partial charge on any atom is -0.383 e. The van der Waals surface area contributed by atoms with Crippen LogP contribution in [0.25, 0.3) is 22.0 Å². The van der Waals surface area contributed by atoms with Gasteiger partial charge in [0.2, 0.25) is 0 Å². The molecule has 29 heavy (non-hydrogen) atoms. The molecule has 1 aromatic heterocycles. The molecule has 0 saturated carbocycles. The standard InChI is InChI=1S/C23H26N4O2/c1-29-12-11-26-7-9-27(10-8-26)15-16-5-6-17-14-18-3-2-4-19-21(18)22(20(17)13-16)24-25-23(19)28/h2-6,13H,7-12,14-15H2,1H3,(H,25,28). The summed E-state index contributed by atoms with van der Waals surface area (Å²) in [4.78, 5) is 17.2. The van der Waals surface area contributed by atoms with E-state index in [2.05, 4.69) is 44.3 Å². The Balaban J connectivity index is 1.40. The number of aromatic nitrogens is 2. The number of hydrogen-bond acceptors (Lipinski definition) is 5. The number of nitrogens with one attached hydrogen (secondary N) is 1. The number of nitrogens with zero attached hydrogens (tertiary/aromatic N) is 3. The van der Waals surface area contributed by atoms with E-state index in [1.165, 1.54) is 16.7 Å². The van der Waals surface area contributed by atoms with Gasteiger partial charge in [0.15, 0.2) is 0 Å². The fourth-order valence-corrected chi connectivity index (χ4v) is 4.59. The molecule has 1 fully saturated rings. The molecule has 6 heteroatoms. The first-order valence-electron chi connectivity index (χ1n) is 10.3. The van der Waals surface area contributed by atoms with Crippen LogP contribution in [-0.2, 0) is 17.7 Å². The van der Waals surface area contributed by atoms with Crippen molar-refractivity contribution >= 4 is 10.8 Å². The van der Waals surface area contributed by atoms with Crippen LogP contribution < -0.4 is 5.56 Å². The molecular weight excluding hydrogens is 364 g/mol. The van der Waals surface area contributed by atoms with Gasteiger partial charge < -0.3 is 4.74 Å². The van der Waals surface area contributed by atoms with Gasteiger partial charge in [0.1, 0.15) is 0 Å². The Hall–Kier alpha value is -2.54. The topological polar surface area (TPSA) is 61.5 Å². The number of aromatic amines is 1. The van der Waals surface area contributed by atoms with E-state index in [0.29, 0.717) is 0 Å². The Morgan fingerprint density at radius 2 is 1.90 bits per heavy atom. The van der Waals surface area contributed by atoms with Crippen LogP contribution in [0.2, 0.25) is 0 Å². The Morgan fingerprint density at radius 3 is 2.72 bits per heavy atom. The summed E-state index contributed by atoms with van der Waals surface area (Å²) in [5, 5.41) is 8.86. The Labute approximate surface area is 170 Å². The minimum atomic E-state index is -0.114. The lowest BCUT2D eigenvalue weighted by Gasteiger charge is -2.34. The summed E-state index contributed by atoms with van der Waals surface area (Å²) in [6.45, 7) is 7.08. The van der Waals surface area contributed by atoms with Crippen LogP contribution in [0.4, 0.5) is 0 Å². The zero-order chi connectivity index (χ0) is 19.8. The van der Waals surface area contributed by atoms with E-state index in [1.54, 1.807) is 7.11 Å². The van der Waals surface area contributed by atoms with Crippen molar-refractivity contribution in [2.45, 2.75) is 13.0 Å². The number of hydrogen-bond donors (Lipinski definition) is 1. The average molecular weight is 390 g/mol. The maximum atomic E-state index is 12.2. The van der Waals surface area contributed by atoms with Gasteiger partial charge in [-0.15, -0.1) is 0 Å². The van der Waals surface area contributed by atoms with E-state index in [4.69, 9.17) is 4.74 Å². The third-order valence-corrected chi connectivity index (χ3v) is 6.19. The van der Waals surface area contributed by atoms with Gasteiger partial charge in [0.05, 0.1) is 17.7 Å². The summed E-state index contributed by atoms with van der Waals surface area (Å²) < 4.78 is 5.19. The molecule has 3 aromatic rings. The van der Waals surface area contributed by atoms with Gasteiger partial charge in [-0.2, -0.15) is 5.10 Å². The van der Waals surface area contributed by atoms with Crippen LogP contribution in [0.15, 0.2) is 41.2 Å². The lowest BCUT2D eigenvalue weighted by Crippen LogP contribution is -2.46. The second-order valence-electron chi connectivity index (χ2n) is 8.02. The minimum absolute atomic E-state index is 0.114. The summed E-state index contributed by atoms with van der Waals surface area (Å²) in [5.41, 5.74) is 5.70. The van der Waals surface area contributed by atoms with Gasteiger partial charge in [-0.05, 0) is 35.2 Å². The molecule has 0 atom stereocenters. The number of H-pyrrole nitrogens is 1. The van der Waals surface area contributed by atoms with Crippen molar-refractivity contribution in [2.24, 2.45) is 0 Å². The number of benzene rings is 2. The highest BCUT2D eigenvalue weighted by atomic mass is 16.5. The number of ether oxygens (including phenoxy) is 1. The van der Waals surface area contributed by atoms with E-state index in [-0.39, 0.29) is 5.56 Å². The molecule has 2 heterocycles. The summed E-state index contributed by atoms with van der Waals surface area (Å²) in [6.07, 6.45) is 0.850. The third-order valence-electron chi connectivity index (χ3n) is 6.19. The number of fused-ring (bicyclic) bond motifs is 2. The van der Waals surface area contributed by atoms with Crippen molar-refractivity contribution in [1.29, 1.82) is 0 Å². The zero-order valence-electron chi connectivity index (χ0n) is 16.8. The Kier molecular flexibility index (Phi) is 4.91. The molecule has 1 aliphatic heterocycles. The highest BCUT2D eigenvalue weighted by Gasteiger charge is 2.22. The zero-order valence-corrected chi connectivity index (χ0v) is 16.8. The van der Waals surface area contributed by atoms with Gasteiger partial charge in [0, 0.05) is 57.3 Å². The molecule has 2 aromatic carbocycles. The Morgan fingerprint density at radius 1 is 1.07 bits per heavy atom. The van der Waals surface area contributed by atoms with Gasteiger partial charge in [-0.1, -0.05) is 24.3 Å². The SMILES string of the molecule is COCCN1CCN(Cc2ccc3c(c2)-c2n[nH]c(=O)c4cccc(c24)C3)CC1. The first kappa shape index (κ1) is 18.5. The maximum Gasteiger partial charge on any atom is 0.272 e. The van der Waals surface area contributed by atoms with E-state index >= 15 is 0 Å². The predicted octanol–water partition coefficient (Wildman–Crippen LogP) is 2.26. The number of piperazine rings is 1. The normalized spacial score (nSPS) is 16.9. The lowest BCUT2D eigenvalue weighted by molar-refractivity contribution is 0.0938. The highest BCUT2D eigenvalue weighted by Crippen LogP contribution is 2.37. The lowest BCUT2D eigenvalue weighted by atomic mass is 9.86. The first-order chi connectivity index (χ1) is 14.2. The molecule has 1 saturated heterocycles. The van der Waals surface area contributed by atoms with E-state index in [0.717, 1.165) is 74.3 Å². The van der Waals surface area contributed by atoms with Gasteiger partial charge in [-0.3, -0.25) is 14.6 Å². The van der Waals surface area contributed by atoms with Crippen molar-refractivity contribution in [2.75, 3.05) is 46.4 Å². The second kappa shape index (κ2) is 7.71. The molecule has 0 bridgehead atoms. The van der Waals surface area contributed by atoms with E-state index < -0.39 is 0 Å². The van der Waals surface area contributed by atoms with Crippen LogP contribution in [-0.4, -0.2) is 66.4 Å². The largest absolute Gasteiger partial charge is 0.383 e. The summed E-state index contributed by atoms with van der Waals surface area (Å²) in [7, 11) is 1.76.